The summed E-state index contributed by atoms with van der Waals surface area (Å²) < 4.78 is 27.4. The second-order valence-corrected chi connectivity index (χ2v) is 6.19. The minimum atomic E-state index is -3.40. The third-order valence-electron chi connectivity index (χ3n) is 1.77. The summed E-state index contributed by atoms with van der Waals surface area (Å²) in [6.07, 6.45) is 0.967. The second kappa shape index (κ2) is 4.53. The zero-order valence-electron chi connectivity index (χ0n) is 9.43. The van der Waals surface area contributed by atoms with Gasteiger partial charge in [-0.2, -0.15) is 0 Å². The average Bonchev–Trinajstić information content (AvgIpc) is 2.42. The molecule has 1 heterocycles. The summed E-state index contributed by atoms with van der Waals surface area (Å²) in [5.74, 6) is -0.774. The minimum Gasteiger partial charge on any atom is -0.369 e. The Labute approximate surface area is 102 Å². The summed E-state index contributed by atoms with van der Waals surface area (Å²) >= 11 is 5.61. The first kappa shape index (κ1) is 13.8. The standard InChI is InChI=1S/C8H11ClN2O5S/c1-10(2)8(13)11-7(12)6(9)5(16-11)4-17(3,14)15/h4H2,1-3H3. The van der Waals surface area contributed by atoms with Crippen molar-refractivity contribution in [3.8, 4) is 0 Å². The first-order valence-electron chi connectivity index (χ1n) is 4.43. The Morgan fingerprint density at radius 1 is 1.47 bits per heavy atom. The molecule has 0 aromatic carbocycles. The molecule has 17 heavy (non-hydrogen) atoms. The largest absolute Gasteiger partial charge is 0.369 e. The Kier molecular flexibility index (Phi) is 3.68. The van der Waals surface area contributed by atoms with E-state index in [1.54, 1.807) is 0 Å². The van der Waals surface area contributed by atoms with Crippen molar-refractivity contribution in [2.45, 2.75) is 5.75 Å². The van der Waals surface area contributed by atoms with Crippen LogP contribution in [0.25, 0.3) is 0 Å². The first-order valence-corrected chi connectivity index (χ1v) is 6.87. The number of hydrogen-bond donors (Lipinski definition) is 0. The first-order chi connectivity index (χ1) is 7.63. The predicted molar refractivity (Wildman–Crippen MR) is 61.0 cm³/mol. The Balaban J connectivity index is 3.27. The van der Waals surface area contributed by atoms with Crippen LogP contribution in [0, 0.1) is 0 Å². The SMILES string of the molecule is CN(C)C(=O)n1oc(CS(C)(=O)=O)c(Cl)c1=O. The Morgan fingerprint density at radius 3 is 2.41 bits per heavy atom. The Hall–Kier alpha value is -1.28. The zero-order chi connectivity index (χ0) is 13.4. The number of hydrogen-bond acceptors (Lipinski definition) is 5. The molecule has 1 aromatic heterocycles. The average molecular weight is 283 g/mol. The predicted octanol–water partition coefficient (Wildman–Crippen LogP) is 0.169. The summed E-state index contributed by atoms with van der Waals surface area (Å²) in [5.41, 5.74) is -0.871. The van der Waals surface area contributed by atoms with E-state index >= 15 is 0 Å². The molecule has 0 fully saturated rings. The van der Waals surface area contributed by atoms with E-state index in [2.05, 4.69) is 0 Å². The number of sulfone groups is 1. The number of amides is 1. The van der Waals surface area contributed by atoms with Crippen LogP contribution < -0.4 is 5.56 Å². The molecule has 0 aliphatic carbocycles. The fourth-order valence-electron chi connectivity index (χ4n) is 1.04. The fraction of sp³-hybridized carbons (Fsp3) is 0.500. The van der Waals surface area contributed by atoms with Crippen LogP contribution in [-0.2, 0) is 15.6 Å². The third kappa shape index (κ3) is 3.10. The van der Waals surface area contributed by atoms with Gasteiger partial charge in [0.15, 0.2) is 20.6 Å². The molecule has 9 heteroatoms. The van der Waals surface area contributed by atoms with Crippen LogP contribution in [0.5, 0.6) is 0 Å². The lowest BCUT2D eigenvalue weighted by Crippen LogP contribution is -2.33. The molecule has 0 unspecified atom stereocenters. The third-order valence-corrected chi connectivity index (χ3v) is 2.93. The summed E-state index contributed by atoms with van der Waals surface area (Å²) in [5, 5.41) is -0.398. The number of nitrogens with zero attached hydrogens (tertiary/aromatic N) is 2. The lowest BCUT2D eigenvalue weighted by molar-refractivity contribution is 0.181. The maximum absolute atomic E-state index is 11.5. The molecular formula is C8H11ClN2O5S. The quantitative estimate of drug-likeness (QED) is 0.771. The lowest BCUT2D eigenvalue weighted by atomic mass is 10.5. The molecule has 1 aromatic rings. The van der Waals surface area contributed by atoms with Crippen molar-refractivity contribution in [1.29, 1.82) is 0 Å². The van der Waals surface area contributed by atoms with E-state index < -0.39 is 32.2 Å². The van der Waals surface area contributed by atoms with Gasteiger partial charge in [-0.1, -0.05) is 16.3 Å². The smallest absolute Gasteiger partial charge is 0.360 e. The van der Waals surface area contributed by atoms with Crippen molar-refractivity contribution in [3.63, 3.8) is 0 Å². The van der Waals surface area contributed by atoms with Gasteiger partial charge >= 0.3 is 11.6 Å². The topological polar surface area (TPSA) is 89.6 Å². The van der Waals surface area contributed by atoms with Crippen molar-refractivity contribution in [2.24, 2.45) is 0 Å². The molecule has 0 N–H and O–H groups in total. The molecule has 96 valence electrons. The number of carbonyl (C=O) groups excluding carboxylic acids is 1. The molecule has 0 bridgehead atoms. The minimum absolute atomic E-state index is 0.241. The van der Waals surface area contributed by atoms with Crippen LogP contribution in [0.3, 0.4) is 0 Å². The normalized spacial score (nSPS) is 11.5. The van der Waals surface area contributed by atoms with E-state index in [1.165, 1.54) is 14.1 Å². The molecule has 0 saturated carbocycles. The number of rotatable bonds is 2. The maximum atomic E-state index is 11.5. The Morgan fingerprint density at radius 2 is 2.00 bits per heavy atom. The summed E-state index contributed by atoms with van der Waals surface area (Å²) in [6.45, 7) is 0. The zero-order valence-corrected chi connectivity index (χ0v) is 11.0. The van der Waals surface area contributed by atoms with Crippen LogP contribution in [-0.4, -0.2) is 44.4 Å². The van der Waals surface area contributed by atoms with Gasteiger partial charge in [0.25, 0.3) is 0 Å². The highest BCUT2D eigenvalue weighted by Gasteiger charge is 2.23. The van der Waals surface area contributed by atoms with E-state index in [-0.39, 0.29) is 5.76 Å². The summed E-state index contributed by atoms with van der Waals surface area (Å²) in [6, 6.07) is -0.739. The monoisotopic (exact) mass is 282 g/mol. The van der Waals surface area contributed by atoms with Gasteiger partial charge in [-0.15, -0.1) is 0 Å². The molecule has 1 amide bonds. The Bertz CT molecular complexity index is 598. The molecule has 0 radical (unpaired) electrons. The van der Waals surface area contributed by atoms with Crippen molar-refractivity contribution in [1.82, 2.24) is 9.64 Å². The summed E-state index contributed by atoms with van der Waals surface area (Å²) in [7, 11) is -0.568. The highest BCUT2D eigenvalue weighted by Crippen LogP contribution is 2.14. The van der Waals surface area contributed by atoms with Gasteiger partial charge in [0, 0.05) is 20.4 Å². The van der Waals surface area contributed by atoms with Gasteiger partial charge in [-0.05, 0) is 0 Å². The van der Waals surface area contributed by atoms with E-state index in [4.69, 9.17) is 16.1 Å². The highest BCUT2D eigenvalue weighted by molar-refractivity contribution is 7.89. The number of aromatic nitrogens is 1. The van der Waals surface area contributed by atoms with E-state index in [0.29, 0.717) is 4.74 Å². The molecule has 0 aliphatic heterocycles. The molecule has 0 atom stereocenters. The van der Waals surface area contributed by atoms with Gasteiger partial charge in [0.05, 0.1) is 0 Å². The van der Waals surface area contributed by atoms with Crippen molar-refractivity contribution in [2.75, 3.05) is 20.4 Å². The van der Waals surface area contributed by atoms with Gasteiger partial charge in [0.2, 0.25) is 0 Å². The van der Waals surface area contributed by atoms with Crippen LogP contribution in [0.2, 0.25) is 5.02 Å². The molecule has 0 spiro atoms. The van der Waals surface area contributed by atoms with Crippen LogP contribution in [0.1, 0.15) is 5.76 Å². The molecule has 0 aliphatic rings. The van der Waals surface area contributed by atoms with Gasteiger partial charge in [-0.3, -0.25) is 4.79 Å². The van der Waals surface area contributed by atoms with Crippen LogP contribution >= 0.6 is 11.6 Å². The van der Waals surface area contributed by atoms with E-state index in [9.17, 15) is 18.0 Å². The maximum Gasteiger partial charge on any atom is 0.360 e. The molecule has 7 nitrogen and oxygen atoms in total. The van der Waals surface area contributed by atoms with Gasteiger partial charge in [-0.25, -0.2) is 13.2 Å². The van der Waals surface area contributed by atoms with Crippen molar-refractivity contribution >= 4 is 27.5 Å². The summed E-state index contributed by atoms with van der Waals surface area (Å²) in [4.78, 5) is 24.1. The van der Waals surface area contributed by atoms with E-state index in [0.717, 1.165) is 11.2 Å². The lowest BCUT2D eigenvalue weighted by Gasteiger charge is -2.07. The van der Waals surface area contributed by atoms with Crippen LogP contribution in [0.15, 0.2) is 9.32 Å². The number of halogens is 1. The fourth-order valence-corrected chi connectivity index (χ4v) is 1.97. The highest BCUT2D eigenvalue weighted by atomic mass is 35.5. The number of carbonyl (C=O) groups is 1. The van der Waals surface area contributed by atoms with Crippen LogP contribution in [0.4, 0.5) is 4.79 Å². The van der Waals surface area contributed by atoms with Gasteiger partial charge < -0.3 is 9.42 Å². The second-order valence-electron chi connectivity index (χ2n) is 3.68. The molecule has 1 rings (SSSR count). The molecular weight excluding hydrogens is 272 g/mol. The van der Waals surface area contributed by atoms with E-state index in [1.807, 2.05) is 0 Å². The molecule has 0 saturated heterocycles. The van der Waals surface area contributed by atoms with Gasteiger partial charge in [0.1, 0.15) is 5.75 Å². The van der Waals surface area contributed by atoms with Crippen molar-refractivity contribution in [3.05, 3.63) is 21.1 Å². The van der Waals surface area contributed by atoms with Crippen molar-refractivity contribution < 1.29 is 17.7 Å².